The molecule has 3 heteroatoms. The molecule has 0 aliphatic carbocycles. The summed E-state index contributed by atoms with van der Waals surface area (Å²) in [6.45, 7) is 6.12. The third kappa shape index (κ3) is 3.97. The summed E-state index contributed by atoms with van der Waals surface area (Å²) in [5, 5.41) is 2.23. The summed E-state index contributed by atoms with van der Waals surface area (Å²) < 4.78 is 16.0. The van der Waals surface area contributed by atoms with Crippen molar-refractivity contribution in [3.05, 3.63) is 115 Å². The molecule has 0 N–H and O–H groups in total. The fourth-order valence-corrected chi connectivity index (χ4v) is 5.70. The molecule has 0 fully saturated rings. The van der Waals surface area contributed by atoms with E-state index in [-0.39, 0.29) is 0 Å². The van der Waals surface area contributed by atoms with E-state index in [1.807, 2.05) is 63.2 Å². The Labute approximate surface area is 204 Å². The summed E-state index contributed by atoms with van der Waals surface area (Å²) >= 11 is 0. The Balaban J connectivity index is 2.07. The summed E-state index contributed by atoms with van der Waals surface area (Å²) in [5.74, 6) is 0. The summed E-state index contributed by atoms with van der Waals surface area (Å²) in [4.78, 5) is 0. The van der Waals surface area contributed by atoms with Gasteiger partial charge in [0.1, 0.15) is 4.75 Å². The van der Waals surface area contributed by atoms with E-state index in [1.54, 1.807) is 0 Å². The average molecular weight is 463 g/mol. The largest absolute Gasteiger partial charge is 0.293 e. The van der Waals surface area contributed by atoms with Gasteiger partial charge in [-0.25, -0.2) is 0 Å². The second kappa shape index (κ2) is 9.00. The number of rotatable bonds is 4. The average Bonchev–Trinajstić information content (AvgIpc) is 2.88. The van der Waals surface area contributed by atoms with Crippen LogP contribution >= 0.6 is 0 Å². The van der Waals surface area contributed by atoms with Crippen molar-refractivity contribution in [3.63, 3.8) is 0 Å². The quantitative estimate of drug-likeness (QED) is 0.254. The standard InChI is InChI=1S/C31H28NOS/c1-31(2,3)34(33)32-29(24-17-9-5-10-18-24)27-22-14-13-21-26(27)28(23-15-7-4-8-16-23)30(32)25-19-11-6-12-20-25/h4-22H,1-3H3/q+1. The second-order valence-corrected chi connectivity index (χ2v) is 11.5. The smallest absolute Gasteiger partial charge is 0.185 e. The summed E-state index contributed by atoms with van der Waals surface area (Å²) in [5.41, 5.74) is 6.24. The maximum absolute atomic E-state index is 14.4. The van der Waals surface area contributed by atoms with Crippen molar-refractivity contribution in [2.45, 2.75) is 25.5 Å². The summed E-state index contributed by atoms with van der Waals surface area (Å²) in [7, 11) is -1.35. The summed E-state index contributed by atoms with van der Waals surface area (Å²) in [6.07, 6.45) is 0. The first-order chi connectivity index (χ1) is 16.5. The molecule has 4 aromatic carbocycles. The topological polar surface area (TPSA) is 20.9 Å². The minimum atomic E-state index is -1.35. The molecule has 0 radical (unpaired) electrons. The van der Waals surface area contributed by atoms with Gasteiger partial charge in [0.25, 0.3) is 11.0 Å². The maximum atomic E-state index is 14.4. The van der Waals surface area contributed by atoms with Crippen LogP contribution in [0.25, 0.3) is 44.4 Å². The molecule has 1 aromatic heterocycles. The number of nitrogens with zero attached hydrogens (tertiary/aromatic N) is 1. The molecule has 1 atom stereocenters. The zero-order valence-corrected chi connectivity index (χ0v) is 20.5. The predicted octanol–water partition coefficient (Wildman–Crippen LogP) is 7.44. The Morgan fingerprint density at radius 3 is 1.44 bits per heavy atom. The Kier molecular flexibility index (Phi) is 5.89. The number of hydrogen-bond acceptors (Lipinski definition) is 1. The number of pyridine rings is 1. The lowest BCUT2D eigenvalue weighted by Gasteiger charge is -2.20. The highest BCUT2D eigenvalue weighted by Crippen LogP contribution is 2.40. The molecule has 0 saturated heterocycles. The molecule has 1 heterocycles. The van der Waals surface area contributed by atoms with E-state index in [4.69, 9.17) is 0 Å². The zero-order valence-electron chi connectivity index (χ0n) is 19.7. The van der Waals surface area contributed by atoms with E-state index >= 15 is 0 Å². The van der Waals surface area contributed by atoms with E-state index in [9.17, 15) is 4.21 Å². The molecule has 5 aromatic rings. The van der Waals surface area contributed by atoms with Gasteiger partial charge >= 0.3 is 0 Å². The van der Waals surface area contributed by atoms with Gasteiger partial charge in [0.05, 0.1) is 10.9 Å². The van der Waals surface area contributed by atoms with Gasteiger partial charge in [-0.3, -0.25) is 0 Å². The molecule has 0 aliphatic heterocycles. The summed E-state index contributed by atoms with van der Waals surface area (Å²) in [6, 6.07) is 39.6. The Morgan fingerprint density at radius 2 is 0.941 bits per heavy atom. The molecule has 2 nitrogen and oxygen atoms in total. The van der Waals surface area contributed by atoms with E-state index < -0.39 is 15.7 Å². The van der Waals surface area contributed by atoms with Gasteiger partial charge in [0.15, 0.2) is 0 Å². The van der Waals surface area contributed by atoms with Crippen LogP contribution in [-0.4, -0.2) is 8.96 Å². The maximum Gasteiger partial charge on any atom is 0.293 e. The highest BCUT2D eigenvalue weighted by Gasteiger charge is 2.39. The van der Waals surface area contributed by atoms with Crippen molar-refractivity contribution in [2.24, 2.45) is 0 Å². The van der Waals surface area contributed by atoms with Crippen molar-refractivity contribution in [1.82, 2.24) is 0 Å². The lowest BCUT2D eigenvalue weighted by molar-refractivity contribution is -0.478. The number of benzene rings is 4. The van der Waals surface area contributed by atoms with E-state index in [1.165, 1.54) is 0 Å². The molecule has 34 heavy (non-hydrogen) atoms. The molecule has 0 saturated carbocycles. The van der Waals surface area contributed by atoms with Gasteiger partial charge in [-0.2, -0.15) is 4.21 Å². The van der Waals surface area contributed by atoms with Crippen LogP contribution in [0.5, 0.6) is 0 Å². The van der Waals surface area contributed by atoms with Gasteiger partial charge in [-0.05, 0) is 56.7 Å². The molecule has 0 spiro atoms. The van der Waals surface area contributed by atoms with E-state index in [2.05, 4.69) is 76.8 Å². The van der Waals surface area contributed by atoms with Crippen molar-refractivity contribution < 1.29 is 8.18 Å². The lowest BCUT2D eigenvalue weighted by atomic mass is 9.91. The SMILES string of the molecule is CC(C)(C)S(=O)[n+]1c(-c2ccccc2)c(-c2ccccc2)c2ccccc2c1-c1ccccc1. The third-order valence-corrected chi connectivity index (χ3v) is 7.69. The zero-order chi connectivity index (χ0) is 23.7. The van der Waals surface area contributed by atoms with Gasteiger partial charge in [0, 0.05) is 16.5 Å². The van der Waals surface area contributed by atoms with Crippen LogP contribution in [0.1, 0.15) is 20.8 Å². The number of hydrogen-bond donors (Lipinski definition) is 0. The van der Waals surface area contributed by atoms with Gasteiger partial charge in [0.2, 0.25) is 11.4 Å². The van der Waals surface area contributed by atoms with Crippen molar-refractivity contribution >= 4 is 21.8 Å². The van der Waals surface area contributed by atoms with Crippen LogP contribution in [0.4, 0.5) is 0 Å². The first-order valence-corrected chi connectivity index (χ1v) is 12.7. The van der Waals surface area contributed by atoms with Crippen LogP contribution in [0.3, 0.4) is 0 Å². The van der Waals surface area contributed by atoms with Gasteiger partial charge in [-0.1, -0.05) is 88.9 Å². The van der Waals surface area contributed by atoms with Crippen LogP contribution < -0.4 is 3.97 Å². The predicted molar refractivity (Wildman–Crippen MR) is 144 cm³/mol. The molecule has 168 valence electrons. The molecule has 1 unspecified atom stereocenters. The first kappa shape index (κ1) is 22.2. The molecular weight excluding hydrogens is 434 g/mol. The normalized spacial score (nSPS) is 12.6. The molecule has 0 aliphatic rings. The fourth-order valence-electron chi connectivity index (χ4n) is 4.42. The highest BCUT2D eigenvalue weighted by molar-refractivity contribution is 7.79. The second-order valence-electron chi connectivity index (χ2n) is 9.37. The minimum Gasteiger partial charge on any atom is -0.185 e. The monoisotopic (exact) mass is 462 g/mol. The lowest BCUT2D eigenvalue weighted by Crippen LogP contribution is -2.50. The first-order valence-electron chi connectivity index (χ1n) is 11.6. The third-order valence-electron chi connectivity index (χ3n) is 5.94. The van der Waals surface area contributed by atoms with Crippen LogP contribution in [-0.2, 0) is 11.0 Å². The molecule has 0 amide bonds. The van der Waals surface area contributed by atoms with Crippen molar-refractivity contribution in [1.29, 1.82) is 0 Å². The molecule has 5 rings (SSSR count). The van der Waals surface area contributed by atoms with E-state index in [0.717, 1.165) is 44.4 Å². The molecule has 0 bridgehead atoms. The Bertz CT molecular complexity index is 1470. The number of fused-ring (bicyclic) bond motifs is 1. The van der Waals surface area contributed by atoms with Crippen LogP contribution in [0.2, 0.25) is 0 Å². The molecular formula is C31H28NOS+. The fraction of sp³-hybridized carbons (Fsp3) is 0.129. The van der Waals surface area contributed by atoms with Crippen LogP contribution in [0, 0.1) is 0 Å². The Hall–Kier alpha value is -3.56. The van der Waals surface area contributed by atoms with Gasteiger partial charge < -0.3 is 0 Å². The minimum absolute atomic E-state index is 0.464. The van der Waals surface area contributed by atoms with E-state index in [0.29, 0.717) is 0 Å². The Morgan fingerprint density at radius 1 is 0.529 bits per heavy atom. The number of aromatic nitrogens is 1. The van der Waals surface area contributed by atoms with Crippen molar-refractivity contribution in [2.75, 3.05) is 0 Å². The van der Waals surface area contributed by atoms with Crippen molar-refractivity contribution in [3.8, 4) is 33.6 Å². The van der Waals surface area contributed by atoms with Crippen LogP contribution in [0.15, 0.2) is 115 Å². The highest BCUT2D eigenvalue weighted by atomic mass is 32.2. The van der Waals surface area contributed by atoms with Gasteiger partial charge in [-0.15, -0.1) is 0 Å².